The number of nitrogens with one attached hydrogen (secondary N) is 2. The molecule has 8 heteroatoms. The molecule has 0 aliphatic heterocycles. The van der Waals surface area contributed by atoms with Crippen LogP contribution in [0.4, 0.5) is 0 Å². The van der Waals surface area contributed by atoms with Gasteiger partial charge < -0.3 is 24.8 Å². The van der Waals surface area contributed by atoms with Crippen LogP contribution >= 0.6 is 24.0 Å². The number of pyridine rings is 1. The molecule has 148 valence electrons. The lowest BCUT2D eigenvalue weighted by Gasteiger charge is -2.16. The first-order valence-corrected chi connectivity index (χ1v) is 8.35. The second-order valence-corrected chi connectivity index (χ2v) is 5.42. The summed E-state index contributed by atoms with van der Waals surface area (Å²) in [4.78, 5) is 8.51. The quantitative estimate of drug-likeness (QED) is 0.340. The van der Waals surface area contributed by atoms with Crippen LogP contribution in [0.1, 0.15) is 11.3 Å². The van der Waals surface area contributed by atoms with Crippen LogP contribution < -0.4 is 24.8 Å². The highest BCUT2D eigenvalue weighted by atomic mass is 127. The average Bonchev–Trinajstić information content (AvgIpc) is 2.70. The zero-order valence-electron chi connectivity index (χ0n) is 16.1. The maximum Gasteiger partial charge on any atom is 0.203 e. The van der Waals surface area contributed by atoms with E-state index in [1.165, 1.54) is 0 Å². The Morgan fingerprint density at radius 3 is 2.37 bits per heavy atom. The topological polar surface area (TPSA) is 77.0 Å². The van der Waals surface area contributed by atoms with Crippen LogP contribution in [0, 0.1) is 0 Å². The molecule has 0 fully saturated rings. The van der Waals surface area contributed by atoms with Crippen molar-refractivity contribution in [1.29, 1.82) is 0 Å². The largest absolute Gasteiger partial charge is 0.493 e. The fourth-order valence-electron chi connectivity index (χ4n) is 2.57. The molecule has 0 unspecified atom stereocenters. The fraction of sp³-hybridized carbons (Fsp3) is 0.368. The number of hydrogen-bond donors (Lipinski definition) is 2. The summed E-state index contributed by atoms with van der Waals surface area (Å²) in [5, 5.41) is 6.53. The molecule has 2 N–H and O–H groups in total. The van der Waals surface area contributed by atoms with Crippen LogP contribution in [0.3, 0.4) is 0 Å². The van der Waals surface area contributed by atoms with Gasteiger partial charge in [-0.15, -0.1) is 24.0 Å². The molecule has 0 saturated carbocycles. The third kappa shape index (κ3) is 6.46. The third-order valence-electron chi connectivity index (χ3n) is 3.86. The predicted octanol–water partition coefficient (Wildman–Crippen LogP) is 2.63. The zero-order chi connectivity index (χ0) is 18.8. The van der Waals surface area contributed by atoms with Crippen LogP contribution in [0.25, 0.3) is 0 Å². The van der Waals surface area contributed by atoms with E-state index < -0.39 is 0 Å². The highest BCUT2D eigenvalue weighted by Gasteiger charge is 2.15. The van der Waals surface area contributed by atoms with Gasteiger partial charge in [-0.1, -0.05) is 12.1 Å². The number of halogens is 1. The van der Waals surface area contributed by atoms with Gasteiger partial charge in [-0.05, 0) is 24.6 Å². The molecular formula is C19H27IN4O3. The average molecular weight is 486 g/mol. The van der Waals surface area contributed by atoms with Crippen molar-refractivity contribution in [3.05, 3.63) is 47.8 Å². The number of ether oxygens (including phenoxy) is 3. The van der Waals surface area contributed by atoms with Gasteiger partial charge >= 0.3 is 0 Å². The minimum absolute atomic E-state index is 0. The number of guanidine groups is 1. The summed E-state index contributed by atoms with van der Waals surface area (Å²) in [5.41, 5.74) is 1.98. The molecule has 2 rings (SSSR count). The molecule has 0 spiro atoms. The van der Waals surface area contributed by atoms with Gasteiger partial charge in [0.2, 0.25) is 5.75 Å². The summed E-state index contributed by atoms with van der Waals surface area (Å²) in [6.45, 7) is 1.30. The van der Waals surface area contributed by atoms with Gasteiger partial charge in [0.05, 0.1) is 33.6 Å². The minimum Gasteiger partial charge on any atom is -0.493 e. The Kier molecular flexibility index (Phi) is 10.3. The summed E-state index contributed by atoms with van der Waals surface area (Å²) in [7, 11) is 6.58. The van der Waals surface area contributed by atoms with E-state index >= 15 is 0 Å². The molecule has 0 aliphatic rings. The number of aromatic nitrogens is 1. The second-order valence-electron chi connectivity index (χ2n) is 5.42. The highest BCUT2D eigenvalue weighted by molar-refractivity contribution is 14.0. The SMILES string of the molecule is CN=C(NCCc1ccc(OC)c(OC)c1OC)NCc1ccccn1.I. The van der Waals surface area contributed by atoms with E-state index in [9.17, 15) is 0 Å². The standard InChI is InChI=1S/C19H26N4O3.HI/c1-20-19(23-13-15-7-5-6-11-21-15)22-12-10-14-8-9-16(24-2)18(26-4)17(14)25-3;/h5-9,11H,10,12-13H2,1-4H3,(H2,20,22,23);1H. The molecule has 27 heavy (non-hydrogen) atoms. The van der Waals surface area contributed by atoms with Crippen molar-refractivity contribution in [1.82, 2.24) is 15.6 Å². The minimum atomic E-state index is 0. The van der Waals surface area contributed by atoms with Crippen molar-refractivity contribution in [2.75, 3.05) is 34.9 Å². The van der Waals surface area contributed by atoms with Gasteiger partial charge in [-0.3, -0.25) is 9.98 Å². The normalized spacial score (nSPS) is 10.6. The summed E-state index contributed by atoms with van der Waals surface area (Å²) in [5.74, 6) is 2.65. The van der Waals surface area contributed by atoms with Crippen LogP contribution in [-0.4, -0.2) is 45.9 Å². The number of nitrogens with zero attached hydrogens (tertiary/aromatic N) is 2. The number of methoxy groups -OCH3 is 3. The van der Waals surface area contributed by atoms with Gasteiger partial charge in [0.15, 0.2) is 17.5 Å². The number of aliphatic imine (C=N–C) groups is 1. The van der Waals surface area contributed by atoms with Gasteiger partial charge in [0.1, 0.15) is 0 Å². The van der Waals surface area contributed by atoms with Gasteiger partial charge in [-0.2, -0.15) is 0 Å². The summed E-state index contributed by atoms with van der Waals surface area (Å²) in [6.07, 6.45) is 2.52. The molecule has 7 nitrogen and oxygen atoms in total. The van der Waals surface area contributed by atoms with E-state index in [1.54, 1.807) is 34.6 Å². The lowest BCUT2D eigenvalue weighted by Crippen LogP contribution is -2.38. The Labute approximate surface area is 177 Å². The Balaban J connectivity index is 0.00000364. The maximum atomic E-state index is 5.51. The first-order chi connectivity index (χ1) is 12.7. The molecule has 1 heterocycles. The van der Waals surface area contributed by atoms with Crippen molar-refractivity contribution >= 4 is 29.9 Å². The number of hydrogen-bond acceptors (Lipinski definition) is 5. The number of rotatable bonds is 8. The molecule has 0 amide bonds. The lowest BCUT2D eigenvalue weighted by molar-refractivity contribution is 0.322. The monoisotopic (exact) mass is 486 g/mol. The van der Waals surface area contributed by atoms with Crippen LogP contribution in [0.15, 0.2) is 41.5 Å². The van der Waals surface area contributed by atoms with Gasteiger partial charge in [0, 0.05) is 25.4 Å². The third-order valence-corrected chi connectivity index (χ3v) is 3.86. The van der Waals surface area contributed by atoms with Crippen LogP contribution in [0.5, 0.6) is 17.2 Å². The van der Waals surface area contributed by atoms with E-state index in [2.05, 4.69) is 20.6 Å². The van der Waals surface area contributed by atoms with Gasteiger partial charge in [0.25, 0.3) is 0 Å². The van der Waals surface area contributed by atoms with Crippen LogP contribution in [-0.2, 0) is 13.0 Å². The predicted molar refractivity (Wildman–Crippen MR) is 118 cm³/mol. The van der Waals surface area contributed by atoms with E-state index in [0.717, 1.165) is 23.6 Å². The van der Waals surface area contributed by atoms with Crippen molar-refractivity contribution in [3.8, 4) is 17.2 Å². The van der Waals surface area contributed by atoms with Crippen molar-refractivity contribution < 1.29 is 14.2 Å². The Hall–Kier alpha value is -2.23. The first-order valence-electron chi connectivity index (χ1n) is 8.35. The Morgan fingerprint density at radius 1 is 1.00 bits per heavy atom. The second kappa shape index (κ2) is 12.2. The van der Waals surface area contributed by atoms with E-state index in [0.29, 0.717) is 30.3 Å². The highest BCUT2D eigenvalue weighted by Crippen LogP contribution is 2.39. The first kappa shape index (κ1) is 22.8. The fourth-order valence-corrected chi connectivity index (χ4v) is 2.57. The summed E-state index contributed by atoms with van der Waals surface area (Å²) >= 11 is 0. The van der Waals surface area contributed by atoms with Crippen molar-refractivity contribution in [2.45, 2.75) is 13.0 Å². The summed E-state index contributed by atoms with van der Waals surface area (Å²) in [6, 6.07) is 9.68. The molecular weight excluding hydrogens is 459 g/mol. The lowest BCUT2D eigenvalue weighted by atomic mass is 10.1. The Morgan fingerprint density at radius 2 is 1.78 bits per heavy atom. The molecule has 0 radical (unpaired) electrons. The van der Waals surface area contributed by atoms with E-state index in [-0.39, 0.29) is 24.0 Å². The molecule has 0 saturated heterocycles. The van der Waals surface area contributed by atoms with Crippen LogP contribution in [0.2, 0.25) is 0 Å². The van der Waals surface area contributed by atoms with E-state index in [1.807, 2.05) is 30.3 Å². The molecule has 1 aromatic heterocycles. The smallest absolute Gasteiger partial charge is 0.203 e. The van der Waals surface area contributed by atoms with Crippen molar-refractivity contribution in [3.63, 3.8) is 0 Å². The van der Waals surface area contributed by atoms with E-state index in [4.69, 9.17) is 14.2 Å². The molecule has 2 aromatic rings. The molecule has 0 bridgehead atoms. The summed E-state index contributed by atoms with van der Waals surface area (Å²) < 4.78 is 16.2. The van der Waals surface area contributed by atoms with Gasteiger partial charge in [-0.25, -0.2) is 0 Å². The molecule has 1 aromatic carbocycles. The molecule has 0 atom stereocenters. The zero-order valence-corrected chi connectivity index (χ0v) is 18.4. The molecule has 0 aliphatic carbocycles. The number of benzene rings is 1. The maximum absolute atomic E-state index is 5.51. The Bertz CT molecular complexity index is 726. The van der Waals surface area contributed by atoms with Crippen molar-refractivity contribution in [2.24, 2.45) is 4.99 Å².